The van der Waals surface area contributed by atoms with Gasteiger partial charge in [-0.05, 0) is 6.42 Å². The molecule has 0 radical (unpaired) electrons. The number of rotatable bonds is 6. The molecule has 0 rings (SSSR count). The van der Waals surface area contributed by atoms with E-state index in [4.69, 9.17) is 11.5 Å². The van der Waals surface area contributed by atoms with Gasteiger partial charge in [0.25, 0.3) is 0 Å². The topological polar surface area (TPSA) is 125 Å². The fourth-order valence-electron chi connectivity index (χ4n) is 0.791. The van der Waals surface area contributed by atoms with Crippen LogP contribution in [0, 0.1) is 0 Å². The Labute approximate surface area is 87.1 Å². The molecule has 0 aliphatic rings. The van der Waals surface area contributed by atoms with E-state index in [1.54, 1.807) is 0 Å². The lowest BCUT2D eigenvalue weighted by atomic mass is 10.1. The van der Waals surface area contributed by atoms with Gasteiger partial charge in [0, 0.05) is 6.42 Å². The summed E-state index contributed by atoms with van der Waals surface area (Å²) in [4.78, 5) is 32.2. The van der Waals surface area contributed by atoms with Gasteiger partial charge in [-0.25, -0.2) is 0 Å². The smallest absolute Gasteiger partial charge is 0.325 e. The van der Waals surface area contributed by atoms with Gasteiger partial charge in [-0.1, -0.05) is 0 Å². The van der Waals surface area contributed by atoms with E-state index in [1.807, 2.05) is 0 Å². The van der Waals surface area contributed by atoms with Crippen LogP contribution in [-0.4, -0.2) is 37.5 Å². The zero-order chi connectivity index (χ0) is 11.8. The van der Waals surface area contributed by atoms with Crippen molar-refractivity contribution < 1.29 is 19.1 Å². The predicted molar refractivity (Wildman–Crippen MR) is 51.4 cm³/mol. The predicted octanol–water partition coefficient (Wildman–Crippen LogP) is -2.13. The van der Waals surface area contributed by atoms with E-state index >= 15 is 0 Å². The lowest BCUT2D eigenvalue weighted by Gasteiger charge is -2.10. The SMILES string of the molecule is COC(=O)CNC(=O)[C@@H](N)CCC(N)=O. The molecule has 0 unspecified atom stereocenters. The Hall–Kier alpha value is -1.63. The highest BCUT2D eigenvalue weighted by molar-refractivity contribution is 5.86. The van der Waals surface area contributed by atoms with E-state index in [0.717, 1.165) is 0 Å². The van der Waals surface area contributed by atoms with Crippen molar-refractivity contribution in [2.45, 2.75) is 18.9 Å². The summed E-state index contributed by atoms with van der Waals surface area (Å²) in [7, 11) is 1.21. The van der Waals surface area contributed by atoms with Crippen LogP contribution in [0.15, 0.2) is 0 Å². The Morgan fingerprint density at radius 3 is 2.47 bits per heavy atom. The second-order valence-electron chi connectivity index (χ2n) is 2.91. The highest BCUT2D eigenvalue weighted by Crippen LogP contribution is 1.93. The number of ether oxygens (including phenoxy) is 1. The highest BCUT2D eigenvalue weighted by Gasteiger charge is 2.14. The average molecular weight is 217 g/mol. The van der Waals surface area contributed by atoms with Crippen molar-refractivity contribution in [2.75, 3.05) is 13.7 Å². The number of amides is 2. The molecule has 0 saturated carbocycles. The molecule has 2 amide bonds. The third-order valence-corrected chi connectivity index (χ3v) is 1.67. The summed E-state index contributed by atoms with van der Waals surface area (Å²) >= 11 is 0. The van der Waals surface area contributed by atoms with Crippen LogP contribution in [0.1, 0.15) is 12.8 Å². The summed E-state index contributed by atoms with van der Waals surface area (Å²) < 4.78 is 4.31. The monoisotopic (exact) mass is 217 g/mol. The summed E-state index contributed by atoms with van der Waals surface area (Å²) in [6, 6.07) is -0.845. The molecule has 0 spiro atoms. The standard InChI is InChI=1S/C8H15N3O4/c1-15-7(13)4-11-8(14)5(9)2-3-6(10)12/h5H,2-4,9H2,1H3,(H2,10,12)(H,11,14)/t5-/m0/s1. The first-order chi connectivity index (χ1) is 6.97. The van der Waals surface area contributed by atoms with Gasteiger partial charge in [0.2, 0.25) is 11.8 Å². The van der Waals surface area contributed by atoms with Crippen LogP contribution < -0.4 is 16.8 Å². The molecule has 7 heteroatoms. The van der Waals surface area contributed by atoms with E-state index in [1.165, 1.54) is 7.11 Å². The minimum atomic E-state index is -0.845. The van der Waals surface area contributed by atoms with Gasteiger partial charge in [-0.2, -0.15) is 0 Å². The molecule has 0 aliphatic heterocycles. The number of hydrogen-bond donors (Lipinski definition) is 3. The van der Waals surface area contributed by atoms with Crippen molar-refractivity contribution >= 4 is 17.8 Å². The minimum Gasteiger partial charge on any atom is -0.468 e. The molecule has 5 N–H and O–H groups in total. The number of hydrogen-bond acceptors (Lipinski definition) is 5. The van der Waals surface area contributed by atoms with Gasteiger partial charge in [0.05, 0.1) is 13.2 Å². The van der Waals surface area contributed by atoms with E-state index in [-0.39, 0.29) is 19.4 Å². The van der Waals surface area contributed by atoms with Crippen molar-refractivity contribution in [2.24, 2.45) is 11.5 Å². The second-order valence-corrected chi connectivity index (χ2v) is 2.91. The van der Waals surface area contributed by atoms with Gasteiger partial charge in [0.1, 0.15) is 6.54 Å². The zero-order valence-corrected chi connectivity index (χ0v) is 8.49. The molecule has 15 heavy (non-hydrogen) atoms. The van der Waals surface area contributed by atoms with Crippen LogP contribution in [-0.2, 0) is 19.1 Å². The second kappa shape index (κ2) is 6.77. The van der Waals surface area contributed by atoms with Crippen molar-refractivity contribution in [1.29, 1.82) is 0 Å². The summed E-state index contributed by atoms with van der Waals surface area (Å²) in [6.07, 6.45) is 0.190. The molecule has 0 aromatic carbocycles. The molecule has 7 nitrogen and oxygen atoms in total. The Balaban J connectivity index is 3.79. The van der Waals surface area contributed by atoms with Gasteiger partial charge < -0.3 is 21.5 Å². The van der Waals surface area contributed by atoms with Crippen LogP contribution in [0.5, 0.6) is 0 Å². The highest BCUT2D eigenvalue weighted by atomic mass is 16.5. The van der Waals surface area contributed by atoms with Crippen molar-refractivity contribution in [3.05, 3.63) is 0 Å². The number of carbonyl (C=O) groups excluding carboxylic acids is 3. The van der Waals surface area contributed by atoms with E-state index < -0.39 is 23.8 Å². The van der Waals surface area contributed by atoms with Gasteiger partial charge >= 0.3 is 5.97 Å². The van der Waals surface area contributed by atoms with Crippen LogP contribution in [0.4, 0.5) is 0 Å². The lowest BCUT2D eigenvalue weighted by Crippen LogP contribution is -2.43. The van der Waals surface area contributed by atoms with Gasteiger partial charge in [-0.15, -0.1) is 0 Å². The molecular formula is C8H15N3O4. The van der Waals surface area contributed by atoms with Crippen molar-refractivity contribution in [3.8, 4) is 0 Å². The molecule has 0 aliphatic carbocycles. The molecule has 0 saturated heterocycles. The van der Waals surface area contributed by atoms with Crippen LogP contribution in [0.25, 0.3) is 0 Å². The fourth-order valence-corrected chi connectivity index (χ4v) is 0.791. The first kappa shape index (κ1) is 13.4. The molecule has 0 bridgehead atoms. The molecule has 86 valence electrons. The van der Waals surface area contributed by atoms with E-state index in [0.29, 0.717) is 0 Å². The third kappa shape index (κ3) is 6.44. The Bertz CT molecular complexity index is 254. The lowest BCUT2D eigenvalue weighted by molar-refractivity contribution is -0.141. The summed E-state index contributed by atoms with van der Waals surface area (Å²) in [6.45, 7) is -0.237. The van der Waals surface area contributed by atoms with Crippen LogP contribution >= 0.6 is 0 Å². The summed E-state index contributed by atoms with van der Waals surface area (Å²) in [5, 5.41) is 2.27. The Morgan fingerprint density at radius 2 is 2.00 bits per heavy atom. The number of nitrogens with one attached hydrogen (secondary N) is 1. The maximum atomic E-state index is 11.2. The van der Waals surface area contributed by atoms with Crippen LogP contribution in [0.3, 0.4) is 0 Å². The van der Waals surface area contributed by atoms with E-state index in [9.17, 15) is 14.4 Å². The number of methoxy groups -OCH3 is 1. The van der Waals surface area contributed by atoms with Crippen molar-refractivity contribution in [3.63, 3.8) is 0 Å². The van der Waals surface area contributed by atoms with Gasteiger partial charge in [0.15, 0.2) is 0 Å². The number of carbonyl (C=O) groups is 3. The zero-order valence-electron chi connectivity index (χ0n) is 8.49. The van der Waals surface area contributed by atoms with Gasteiger partial charge in [-0.3, -0.25) is 14.4 Å². The Kier molecular flexibility index (Phi) is 6.03. The maximum Gasteiger partial charge on any atom is 0.325 e. The quantitative estimate of drug-likeness (QED) is 0.438. The molecule has 0 fully saturated rings. The molecule has 0 aromatic heterocycles. The first-order valence-electron chi connectivity index (χ1n) is 4.35. The van der Waals surface area contributed by atoms with Crippen LogP contribution in [0.2, 0.25) is 0 Å². The molecule has 0 heterocycles. The number of primary amides is 1. The number of nitrogens with two attached hydrogens (primary N) is 2. The third-order valence-electron chi connectivity index (χ3n) is 1.67. The molecule has 0 aromatic rings. The van der Waals surface area contributed by atoms with Crippen molar-refractivity contribution in [1.82, 2.24) is 5.32 Å². The Morgan fingerprint density at radius 1 is 1.40 bits per heavy atom. The summed E-state index contributed by atoms with van der Waals surface area (Å²) in [5.74, 6) is -1.60. The largest absolute Gasteiger partial charge is 0.468 e. The fraction of sp³-hybridized carbons (Fsp3) is 0.625. The number of esters is 1. The molecular weight excluding hydrogens is 202 g/mol. The summed E-state index contributed by atoms with van der Waals surface area (Å²) in [5.41, 5.74) is 10.3. The maximum absolute atomic E-state index is 11.2. The first-order valence-corrected chi connectivity index (χ1v) is 4.35. The molecule has 1 atom stereocenters. The normalized spacial score (nSPS) is 11.6. The average Bonchev–Trinajstić information content (AvgIpc) is 2.21. The minimum absolute atomic E-state index is 0.0345. The van der Waals surface area contributed by atoms with E-state index in [2.05, 4.69) is 10.1 Å².